The number of hydrogen-bond donors (Lipinski definition) is 2. The monoisotopic (exact) mass is 341 g/mol. The first-order valence-electron chi connectivity index (χ1n) is 5.30. The molecule has 2 aromatic rings. The minimum Gasteiger partial charge on any atom is -0.321 e. The number of H-pyrrole nitrogens is 1. The molecule has 0 aliphatic rings. The second-order valence-corrected chi connectivity index (χ2v) is 5.10. The van der Waals surface area contributed by atoms with Crippen molar-refractivity contribution in [1.29, 1.82) is 0 Å². The van der Waals surface area contributed by atoms with Crippen LogP contribution in [0.5, 0.6) is 0 Å². The van der Waals surface area contributed by atoms with E-state index in [0.29, 0.717) is 5.69 Å². The molecular formula is C12H9BrClN3O2. The number of benzene rings is 1. The van der Waals surface area contributed by atoms with Gasteiger partial charge in [0.2, 0.25) is 0 Å². The number of anilines is 1. The lowest BCUT2D eigenvalue weighted by Crippen LogP contribution is -2.20. The highest BCUT2D eigenvalue weighted by atomic mass is 79.9. The first-order valence-corrected chi connectivity index (χ1v) is 6.47. The molecule has 0 saturated carbocycles. The molecule has 0 bridgehead atoms. The van der Waals surface area contributed by atoms with Crippen LogP contribution in [0.2, 0.25) is 5.15 Å². The Morgan fingerprint density at radius 3 is 2.79 bits per heavy atom. The molecule has 1 aromatic heterocycles. The number of nitrogens with one attached hydrogen (secondary N) is 2. The molecule has 7 heteroatoms. The molecule has 1 aromatic carbocycles. The SMILES string of the molecule is Cc1cc(NC(=O)c2cc(Cl)[nH]c(=O)n2)ccc1Br. The van der Waals surface area contributed by atoms with E-state index in [1.165, 1.54) is 6.07 Å². The molecule has 0 aliphatic carbocycles. The first kappa shape index (κ1) is 13.8. The van der Waals surface area contributed by atoms with Crippen molar-refractivity contribution in [2.45, 2.75) is 6.92 Å². The van der Waals surface area contributed by atoms with E-state index in [-0.39, 0.29) is 10.8 Å². The van der Waals surface area contributed by atoms with Gasteiger partial charge in [0.1, 0.15) is 10.8 Å². The summed E-state index contributed by atoms with van der Waals surface area (Å²) in [6.07, 6.45) is 0. The van der Waals surface area contributed by atoms with Crippen molar-refractivity contribution >= 4 is 39.1 Å². The normalized spacial score (nSPS) is 10.3. The number of aryl methyl sites for hydroxylation is 1. The third kappa shape index (κ3) is 3.42. The third-order valence-corrected chi connectivity index (χ3v) is 3.45. The number of aromatic amines is 1. The van der Waals surface area contributed by atoms with E-state index in [1.54, 1.807) is 12.1 Å². The van der Waals surface area contributed by atoms with Crippen molar-refractivity contribution in [1.82, 2.24) is 9.97 Å². The number of carbonyl (C=O) groups is 1. The van der Waals surface area contributed by atoms with Crippen LogP contribution in [0.3, 0.4) is 0 Å². The van der Waals surface area contributed by atoms with E-state index in [0.717, 1.165) is 10.0 Å². The molecule has 0 atom stereocenters. The van der Waals surface area contributed by atoms with Gasteiger partial charge in [0.15, 0.2) is 0 Å². The van der Waals surface area contributed by atoms with E-state index in [1.807, 2.05) is 13.0 Å². The topological polar surface area (TPSA) is 74.8 Å². The van der Waals surface area contributed by atoms with Gasteiger partial charge in [0.05, 0.1) is 0 Å². The molecule has 1 heterocycles. The highest BCUT2D eigenvalue weighted by Gasteiger charge is 2.10. The van der Waals surface area contributed by atoms with Gasteiger partial charge in [-0.1, -0.05) is 27.5 Å². The maximum atomic E-state index is 11.9. The average molecular weight is 343 g/mol. The van der Waals surface area contributed by atoms with Crippen LogP contribution in [-0.4, -0.2) is 15.9 Å². The minimum atomic E-state index is -0.662. The molecule has 0 fully saturated rings. The summed E-state index contributed by atoms with van der Waals surface area (Å²) < 4.78 is 0.947. The van der Waals surface area contributed by atoms with Crippen molar-refractivity contribution in [3.8, 4) is 0 Å². The summed E-state index contributed by atoms with van der Waals surface area (Å²) in [4.78, 5) is 28.9. The van der Waals surface area contributed by atoms with Crippen LogP contribution >= 0.6 is 27.5 Å². The number of carbonyl (C=O) groups excluding carboxylic acids is 1. The first-order chi connectivity index (χ1) is 8.95. The molecular weight excluding hydrogens is 334 g/mol. The molecule has 19 heavy (non-hydrogen) atoms. The Balaban J connectivity index is 2.25. The highest BCUT2D eigenvalue weighted by molar-refractivity contribution is 9.10. The van der Waals surface area contributed by atoms with Gasteiger partial charge in [-0.3, -0.25) is 9.78 Å². The Hall–Kier alpha value is -1.66. The van der Waals surface area contributed by atoms with Crippen molar-refractivity contribution < 1.29 is 4.79 Å². The summed E-state index contributed by atoms with van der Waals surface area (Å²) in [7, 11) is 0. The summed E-state index contributed by atoms with van der Waals surface area (Å²) in [6.45, 7) is 1.90. The van der Waals surface area contributed by atoms with Crippen LogP contribution in [0.1, 0.15) is 16.1 Å². The van der Waals surface area contributed by atoms with E-state index in [2.05, 4.69) is 31.2 Å². The predicted molar refractivity (Wildman–Crippen MR) is 76.7 cm³/mol. The number of halogens is 2. The molecule has 0 radical (unpaired) electrons. The quantitative estimate of drug-likeness (QED) is 0.824. The molecule has 1 amide bonds. The Kier molecular flexibility index (Phi) is 4.01. The summed E-state index contributed by atoms with van der Waals surface area (Å²) in [6, 6.07) is 6.66. The fraction of sp³-hybridized carbons (Fsp3) is 0.0833. The largest absolute Gasteiger partial charge is 0.346 e. The maximum absolute atomic E-state index is 11.9. The van der Waals surface area contributed by atoms with E-state index in [9.17, 15) is 9.59 Å². The zero-order chi connectivity index (χ0) is 14.0. The van der Waals surface area contributed by atoms with Crippen LogP contribution in [-0.2, 0) is 0 Å². The molecule has 0 spiro atoms. The number of rotatable bonds is 2. The fourth-order valence-electron chi connectivity index (χ4n) is 1.46. The lowest BCUT2D eigenvalue weighted by Gasteiger charge is -2.06. The van der Waals surface area contributed by atoms with Crippen molar-refractivity contribution in [3.63, 3.8) is 0 Å². The smallest absolute Gasteiger partial charge is 0.321 e. The zero-order valence-electron chi connectivity index (χ0n) is 9.83. The number of aromatic nitrogens is 2. The number of amides is 1. The third-order valence-electron chi connectivity index (χ3n) is 2.36. The second kappa shape index (κ2) is 5.54. The second-order valence-electron chi connectivity index (χ2n) is 3.84. The van der Waals surface area contributed by atoms with Gasteiger partial charge < -0.3 is 5.32 Å². The summed E-state index contributed by atoms with van der Waals surface area (Å²) in [5, 5.41) is 2.71. The number of nitrogens with zero attached hydrogens (tertiary/aromatic N) is 1. The lowest BCUT2D eigenvalue weighted by molar-refractivity contribution is 0.102. The van der Waals surface area contributed by atoms with Gasteiger partial charge in [-0.25, -0.2) is 4.79 Å². The Labute approximate surface area is 122 Å². The van der Waals surface area contributed by atoms with Gasteiger partial charge >= 0.3 is 5.69 Å². The average Bonchev–Trinajstić information content (AvgIpc) is 2.32. The van der Waals surface area contributed by atoms with Crippen LogP contribution < -0.4 is 11.0 Å². The van der Waals surface area contributed by atoms with Gasteiger partial charge in [-0.15, -0.1) is 0 Å². The van der Waals surface area contributed by atoms with Gasteiger partial charge in [0, 0.05) is 16.2 Å². The van der Waals surface area contributed by atoms with Gasteiger partial charge in [0.25, 0.3) is 5.91 Å². The van der Waals surface area contributed by atoms with Gasteiger partial charge in [-0.2, -0.15) is 4.98 Å². The van der Waals surface area contributed by atoms with Gasteiger partial charge in [-0.05, 0) is 30.7 Å². The summed E-state index contributed by atoms with van der Waals surface area (Å²) >= 11 is 9.03. The molecule has 5 nitrogen and oxygen atoms in total. The molecule has 2 rings (SSSR count). The fourth-order valence-corrected chi connectivity index (χ4v) is 1.89. The van der Waals surface area contributed by atoms with Crippen LogP contribution in [0.15, 0.2) is 33.5 Å². The van der Waals surface area contributed by atoms with Crippen molar-refractivity contribution in [2.24, 2.45) is 0 Å². The zero-order valence-corrected chi connectivity index (χ0v) is 12.2. The highest BCUT2D eigenvalue weighted by Crippen LogP contribution is 2.20. The Morgan fingerprint density at radius 2 is 2.16 bits per heavy atom. The van der Waals surface area contributed by atoms with E-state index < -0.39 is 11.6 Å². The molecule has 98 valence electrons. The van der Waals surface area contributed by atoms with Crippen LogP contribution in [0, 0.1) is 6.92 Å². The summed E-state index contributed by atoms with van der Waals surface area (Å²) in [5.74, 6) is -0.491. The summed E-state index contributed by atoms with van der Waals surface area (Å²) in [5.41, 5.74) is 0.901. The Morgan fingerprint density at radius 1 is 1.42 bits per heavy atom. The van der Waals surface area contributed by atoms with Crippen molar-refractivity contribution in [3.05, 3.63) is 55.6 Å². The molecule has 0 aliphatic heterocycles. The standard InChI is InChI=1S/C12H9BrClN3O2/c1-6-4-7(2-3-8(6)13)15-11(18)9-5-10(14)17-12(19)16-9/h2-5H,1H3,(H,15,18)(H,16,17,19). The van der Waals surface area contributed by atoms with Crippen LogP contribution in [0.4, 0.5) is 5.69 Å². The molecule has 0 unspecified atom stereocenters. The minimum absolute atomic E-state index is 0.0330. The Bertz CT molecular complexity index is 700. The van der Waals surface area contributed by atoms with E-state index >= 15 is 0 Å². The predicted octanol–water partition coefficient (Wildman–Crippen LogP) is 2.75. The molecule has 0 saturated heterocycles. The lowest BCUT2D eigenvalue weighted by atomic mass is 10.2. The van der Waals surface area contributed by atoms with E-state index in [4.69, 9.17) is 11.6 Å². The maximum Gasteiger partial charge on any atom is 0.346 e. The van der Waals surface area contributed by atoms with Crippen LogP contribution in [0.25, 0.3) is 0 Å². The number of hydrogen-bond acceptors (Lipinski definition) is 3. The molecule has 2 N–H and O–H groups in total. The van der Waals surface area contributed by atoms with Crippen molar-refractivity contribution in [2.75, 3.05) is 5.32 Å².